The summed E-state index contributed by atoms with van der Waals surface area (Å²) in [5.41, 5.74) is 4.75. The standard InChI is InChI=1S/C30H32N8O2/c1-35-13-15-36(16-14-35)26-11-10-23(18-32-26)22-8-6-21(7-9-22)19-37-29-25(5-2-12-31-29)27-28(33-37)30(39)38(34-27)24-4-3-17-40-20-24/h2,5-12,18,24H,3-4,13-17,19-20H2,1H3. The van der Waals surface area contributed by atoms with E-state index in [1.807, 2.05) is 23.0 Å². The van der Waals surface area contributed by atoms with Gasteiger partial charge in [0, 0.05) is 56.1 Å². The van der Waals surface area contributed by atoms with Crippen molar-refractivity contribution in [1.29, 1.82) is 0 Å². The lowest BCUT2D eigenvalue weighted by Gasteiger charge is -2.33. The molecule has 7 rings (SSSR count). The number of aromatic nitrogens is 6. The van der Waals surface area contributed by atoms with E-state index in [-0.39, 0.29) is 11.6 Å². The first kappa shape index (κ1) is 24.9. The Kier molecular flexibility index (Phi) is 6.49. The van der Waals surface area contributed by atoms with Gasteiger partial charge < -0.3 is 14.5 Å². The van der Waals surface area contributed by atoms with E-state index in [0.717, 1.165) is 73.5 Å². The van der Waals surface area contributed by atoms with Gasteiger partial charge >= 0.3 is 0 Å². The SMILES string of the molecule is CN1CCN(c2ccc(-c3ccc(Cn4nc5c(=O)n(C6CCCOC6)nc-5c5cccnc54)cc3)cn2)CC1. The molecule has 40 heavy (non-hydrogen) atoms. The Labute approximate surface area is 232 Å². The Bertz CT molecular complexity index is 1650. The van der Waals surface area contributed by atoms with Gasteiger partial charge in [0.1, 0.15) is 11.5 Å². The predicted octanol–water partition coefficient (Wildman–Crippen LogP) is 3.31. The number of nitrogens with zero attached hydrogens (tertiary/aromatic N) is 8. The first-order valence-corrected chi connectivity index (χ1v) is 13.9. The Morgan fingerprint density at radius 3 is 2.50 bits per heavy atom. The van der Waals surface area contributed by atoms with Crippen LogP contribution in [0.4, 0.5) is 5.82 Å². The first-order chi connectivity index (χ1) is 19.6. The summed E-state index contributed by atoms with van der Waals surface area (Å²) in [4.78, 5) is 27.4. The van der Waals surface area contributed by atoms with E-state index >= 15 is 0 Å². The third-order valence-electron chi connectivity index (χ3n) is 8.03. The molecule has 2 saturated heterocycles. The van der Waals surface area contributed by atoms with Gasteiger partial charge in [-0.3, -0.25) is 4.79 Å². The van der Waals surface area contributed by atoms with Crippen molar-refractivity contribution in [2.45, 2.75) is 25.4 Å². The smallest absolute Gasteiger partial charge is 0.297 e. The molecule has 4 aliphatic rings. The van der Waals surface area contributed by atoms with Crippen LogP contribution < -0.4 is 10.5 Å². The number of anilines is 1. The predicted molar refractivity (Wildman–Crippen MR) is 154 cm³/mol. The Balaban J connectivity index is 1.15. The third-order valence-corrected chi connectivity index (χ3v) is 8.03. The van der Waals surface area contributed by atoms with Crippen LogP contribution in [0.15, 0.2) is 65.7 Å². The van der Waals surface area contributed by atoms with Gasteiger partial charge in [0.25, 0.3) is 5.56 Å². The molecule has 10 nitrogen and oxygen atoms in total. The highest BCUT2D eigenvalue weighted by Gasteiger charge is 2.27. The van der Waals surface area contributed by atoms with Crippen molar-refractivity contribution in [3.63, 3.8) is 0 Å². The zero-order valence-corrected chi connectivity index (χ0v) is 22.6. The van der Waals surface area contributed by atoms with Gasteiger partial charge in [0.05, 0.1) is 19.2 Å². The molecule has 6 heterocycles. The number of rotatable bonds is 5. The fourth-order valence-corrected chi connectivity index (χ4v) is 5.67. The number of benzene rings is 1. The van der Waals surface area contributed by atoms with Gasteiger partial charge in [0.15, 0.2) is 11.3 Å². The van der Waals surface area contributed by atoms with Crippen molar-refractivity contribution in [2.24, 2.45) is 0 Å². The van der Waals surface area contributed by atoms with Crippen LogP contribution in [0.3, 0.4) is 0 Å². The highest BCUT2D eigenvalue weighted by Crippen LogP contribution is 2.27. The fourth-order valence-electron chi connectivity index (χ4n) is 5.67. The summed E-state index contributed by atoms with van der Waals surface area (Å²) in [5, 5.41) is 10.3. The van der Waals surface area contributed by atoms with E-state index < -0.39 is 0 Å². The Morgan fingerprint density at radius 1 is 0.925 bits per heavy atom. The summed E-state index contributed by atoms with van der Waals surface area (Å²) in [7, 11) is 2.16. The molecule has 3 aromatic rings. The minimum absolute atomic E-state index is 0.0618. The molecule has 1 atom stereocenters. The molecule has 2 fully saturated rings. The fraction of sp³-hybridized carbons (Fsp3) is 0.367. The second kappa shape index (κ2) is 10.4. The van der Waals surface area contributed by atoms with Crippen molar-refractivity contribution < 1.29 is 4.74 Å². The summed E-state index contributed by atoms with van der Waals surface area (Å²) in [6.07, 6.45) is 5.50. The largest absolute Gasteiger partial charge is 0.379 e. The molecule has 0 N–H and O–H groups in total. The number of likely N-dealkylation sites (N-methyl/N-ethyl adjacent to an activating group) is 1. The Morgan fingerprint density at radius 2 is 1.75 bits per heavy atom. The molecule has 0 radical (unpaired) electrons. The van der Waals surface area contributed by atoms with Crippen LogP contribution in [0.25, 0.3) is 33.5 Å². The molecule has 0 amide bonds. The second-order valence-corrected chi connectivity index (χ2v) is 10.7. The zero-order chi connectivity index (χ0) is 27.1. The highest BCUT2D eigenvalue weighted by atomic mass is 16.5. The number of ether oxygens (including phenoxy) is 1. The number of fused-ring (bicyclic) bond motifs is 3. The van der Waals surface area contributed by atoms with Crippen LogP contribution in [0.2, 0.25) is 0 Å². The molecule has 10 heteroatoms. The summed E-state index contributed by atoms with van der Waals surface area (Å²) in [6.45, 7) is 5.84. The minimum atomic E-state index is -0.173. The number of piperazine rings is 1. The highest BCUT2D eigenvalue weighted by molar-refractivity contribution is 5.89. The van der Waals surface area contributed by atoms with Crippen molar-refractivity contribution in [3.8, 4) is 22.5 Å². The number of hydrogen-bond acceptors (Lipinski definition) is 8. The van der Waals surface area contributed by atoms with Crippen LogP contribution in [0.5, 0.6) is 0 Å². The molecule has 2 aromatic heterocycles. The molecular formula is C30H32N8O2. The van der Waals surface area contributed by atoms with E-state index in [4.69, 9.17) is 19.9 Å². The van der Waals surface area contributed by atoms with E-state index in [0.29, 0.717) is 30.2 Å². The quantitative estimate of drug-likeness (QED) is 0.338. The topological polar surface area (TPSA) is 94.2 Å². The zero-order valence-electron chi connectivity index (χ0n) is 22.6. The average molecular weight is 537 g/mol. The Hall–Kier alpha value is -4.15. The molecule has 0 bridgehead atoms. The van der Waals surface area contributed by atoms with Crippen molar-refractivity contribution in [2.75, 3.05) is 51.3 Å². The monoisotopic (exact) mass is 536 g/mol. The van der Waals surface area contributed by atoms with Gasteiger partial charge in [-0.25, -0.2) is 19.3 Å². The summed E-state index contributed by atoms with van der Waals surface area (Å²) < 4.78 is 8.98. The van der Waals surface area contributed by atoms with Crippen molar-refractivity contribution in [3.05, 3.63) is 76.8 Å². The van der Waals surface area contributed by atoms with Crippen LogP contribution in [-0.4, -0.2) is 80.9 Å². The van der Waals surface area contributed by atoms with E-state index in [1.165, 1.54) is 0 Å². The van der Waals surface area contributed by atoms with Crippen molar-refractivity contribution >= 4 is 16.9 Å². The van der Waals surface area contributed by atoms with Crippen molar-refractivity contribution in [1.82, 2.24) is 34.4 Å². The molecular weight excluding hydrogens is 504 g/mol. The summed E-state index contributed by atoms with van der Waals surface area (Å²) in [5.74, 6) is 1.03. The van der Waals surface area contributed by atoms with E-state index in [2.05, 4.69) is 58.2 Å². The molecule has 1 unspecified atom stereocenters. The van der Waals surface area contributed by atoms with Gasteiger partial charge in [-0.15, -0.1) is 0 Å². The van der Waals surface area contributed by atoms with E-state index in [1.54, 1.807) is 10.9 Å². The summed E-state index contributed by atoms with van der Waals surface area (Å²) in [6, 6.07) is 16.4. The maximum absolute atomic E-state index is 13.4. The molecule has 1 aromatic carbocycles. The minimum Gasteiger partial charge on any atom is -0.379 e. The van der Waals surface area contributed by atoms with Gasteiger partial charge in [-0.05, 0) is 55.3 Å². The molecule has 204 valence electrons. The molecule has 0 aliphatic carbocycles. The maximum atomic E-state index is 13.4. The number of pyridine rings is 2. The van der Waals surface area contributed by atoms with Crippen LogP contribution in [-0.2, 0) is 11.3 Å². The lowest BCUT2D eigenvalue weighted by molar-refractivity contribution is 0.0540. The van der Waals surface area contributed by atoms with Gasteiger partial charge in [-0.1, -0.05) is 24.3 Å². The third kappa shape index (κ3) is 4.63. The normalized spacial score (nSPS) is 18.5. The second-order valence-electron chi connectivity index (χ2n) is 10.7. The van der Waals surface area contributed by atoms with Crippen LogP contribution in [0, 0.1) is 0 Å². The van der Waals surface area contributed by atoms with Gasteiger partial charge in [0.2, 0.25) is 0 Å². The molecule has 4 aliphatic heterocycles. The van der Waals surface area contributed by atoms with Crippen LogP contribution in [0.1, 0.15) is 24.4 Å². The number of hydrogen-bond donors (Lipinski definition) is 0. The van der Waals surface area contributed by atoms with Crippen LogP contribution >= 0.6 is 0 Å². The summed E-state index contributed by atoms with van der Waals surface area (Å²) >= 11 is 0. The van der Waals surface area contributed by atoms with Gasteiger partial charge in [-0.2, -0.15) is 10.2 Å². The first-order valence-electron chi connectivity index (χ1n) is 13.9. The lowest BCUT2D eigenvalue weighted by Crippen LogP contribution is -2.44. The lowest BCUT2D eigenvalue weighted by atomic mass is 10.1. The molecule has 0 spiro atoms. The van der Waals surface area contributed by atoms with E-state index in [9.17, 15) is 4.79 Å². The average Bonchev–Trinajstić information content (AvgIpc) is 3.35. The maximum Gasteiger partial charge on any atom is 0.297 e. The molecule has 0 saturated carbocycles.